The number of thioether (sulfide) groups is 1. The van der Waals surface area contributed by atoms with Gasteiger partial charge in [0.25, 0.3) is 0 Å². The Morgan fingerprint density at radius 1 is 1.24 bits per heavy atom. The highest BCUT2D eigenvalue weighted by Crippen LogP contribution is 2.24. The Balaban J connectivity index is 1.65. The monoisotopic (exact) mass is 369 g/mol. The lowest BCUT2D eigenvalue weighted by Crippen LogP contribution is -2.29. The summed E-state index contributed by atoms with van der Waals surface area (Å²) >= 11 is 1.22. The van der Waals surface area contributed by atoms with Crippen molar-refractivity contribution in [1.29, 1.82) is 0 Å². The molecule has 2 aromatic rings. The van der Waals surface area contributed by atoms with Crippen molar-refractivity contribution in [1.82, 2.24) is 19.8 Å². The van der Waals surface area contributed by atoms with E-state index in [2.05, 4.69) is 14.9 Å². The van der Waals surface area contributed by atoms with Gasteiger partial charge in [0.1, 0.15) is 5.75 Å². The molecule has 10 heteroatoms. The summed E-state index contributed by atoms with van der Waals surface area (Å²) in [5, 5.41) is 8.41. The van der Waals surface area contributed by atoms with Gasteiger partial charge in [0, 0.05) is 18.7 Å². The van der Waals surface area contributed by atoms with Gasteiger partial charge >= 0.3 is 6.61 Å². The number of rotatable bonds is 6. The van der Waals surface area contributed by atoms with E-state index in [1.54, 1.807) is 12.1 Å². The van der Waals surface area contributed by atoms with Gasteiger partial charge in [-0.3, -0.25) is 4.79 Å². The third-order valence-corrected chi connectivity index (χ3v) is 4.71. The van der Waals surface area contributed by atoms with Crippen LogP contribution < -0.4 is 10.6 Å². The van der Waals surface area contributed by atoms with Crippen LogP contribution in [0.25, 0.3) is 11.4 Å². The van der Waals surface area contributed by atoms with Crippen LogP contribution in [-0.4, -0.2) is 51.1 Å². The van der Waals surface area contributed by atoms with Gasteiger partial charge in [0.15, 0.2) is 5.82 Å². The average Bonchev–Trinajstić information content (AvgIpc) is 3.23. The number of nitrogen functional groups attached to an aromatic ring is 1. The Kier molecular flexibility index (Phi) is 5.37. The lowest BCUT2D eigenvalue weighted by atomic mass is 10.2. The van der Waals surface area contributed by atoms with Crippen molar-refractivity contribution in [3.05, 3.63) is 24.3 Å². The van der Waals surface area contributed by atoms with Crippen molar-refractivity contribution >= 4 is 17.7 Å². The predicted molar refractivity (Wildman–Crippen MR) is 88.8 cm³/mol. The summed E-state index contributed by atoms with van der Waals surface area (Å²) in [6.45, 7) is -1.28. The number of likely N-dealkylation sites (tertiary alicyclic amines) is 1. The van der Waals surface area contributed by atoms with Crippen molar-refractivity contribution in [3.63, 3.8) is 0 Å². The second-order valence-electron chi connectivity index (χ2n) is 5.46. The van der Waals surface area contributed by atoms with Crippen LogP contribution in [0.3, 0.4) is 0 Å². The summed E-state index contributed by atoms with van der Waals surface area (Å²) < 4.78 is 29.9. The average molecular weight is 369 g/mol. The van der Waals surface area contributed by atoms with Crippen molar-refractivity contribution in [2.75, 3.05) is 24.7 Å². The zero-order chi connectivity index (χ0) is 17.8. The molecule has 1 aromatic carbocycles. The normalized spacial score (nSPS) is 14.3. The van der Waals surface area contributed by atoms with E-state index in [0.717, 1.165) is 25.9 Å². The maximum absolute atomic E-state index is 12.2. The van der Waals surface area contributed by atoms with Crippen LogP contribution in [0.1, 0.15) is 12.8 Å². The van der Waals surface area contributed by atoms with Gasteiger partial charge in [-0.25, -0.2) is 4.68 Å². The number of ether oxygens (including phenoxy) is 1. The van der Waals surface area contributed by atoms with Crippen LogP contribution in [0, 0.1) is 0 Å². The minimum atomic E-state index is -2.87. The summed E-state index contributed by atoms with van der Waals surface area (Å²) in [6.07, 6.45) is 2.08. The first-order chi connectivity index (χ1) is 12.0. The molecule has 1 saturated heterocycles. The molecular weight excluding hydrogens is 352 g/mol. The molecule has 7 nitrogen and oxygen atoms in total. The Morgan fingerprint density at radius 2 is 1.92 bits per heavy atom. The quantitative estimate of drug-likeness (QED) is 0.619. The van der Waals surface area contributed by atoms with Gasteiger partial charge in [0.05, 0.1) is 5.75 Å². The summed E-state index contributed by atoms with van der Waals surface area (Å²) in [4.78, 5) is 13.9. The van der Waals surface area contributed by atoms with Gasteiger partial charge in [-0.1, -0.05) is 11.8 Å². The summed E-state index contributed by atoms with van der Waals surface area (Å²) in [7, 11) is 0. The fraction of sp³-hybridized carbons (Fsp3) is 0.400. The maximum Gasteiger partial charge on any atom is 0.387 e. The van der Waals surface area contributed by atoms with E-state index in [1.165, 1.54) is 28.6 Å². The molecule has 25 heavy (non-hydrogen) atoms. The fourth-order valence-electron chi connectivity index (χ4n) is 2.54. The Morgan fingerprint density at radius 3 is 2.56 bits per heavy atom. The molecule has 1 fully saturated rings. The molecular formula is C15H17F2N5O2S. The van der Waals surface area contributed by atoms with Gasteiger partial charge in [-0.05, 0) is 37.1 Å². The molecule has 1 aliphatic heterocycles. The number of carbonyl (C=O) groups is 1. The number of hydrogen-bond acceptors (Lipinski definition) is 6. The summed E-state index contributed by atoms with van der Waals surface area (Å²) in [5.74, 6) is 6.71. The first-order valence-electron chi connectivity index (χ1n) is 7.71. The van der Waals surface area contributed by atoms with Crippen LogP contribution in [0.5, 0.6) is 5.75 Å². The Bertz CT molecular complexity index is 732. The number of carbonyl (C=O) groups excluding carboxylic acids is 1. The highest BCUT2D eigenvalue weighted by Gasteiger charge is 2.20. The third-order valence-electron chi connectivity index (χ3n) is 3.79. The van der Waals surface area contributed by atoms with Crippen molar-refractivity contribution in [2.45, 2.75) is 24.6 Å². The molecule has 0 atom stereocenters. The largest absolute Gasteiger partial charge is 0.435 e. The second kappa shape index (κ2) is 7.68. The molecule has 0 saturated carbocycles. The van der Waals surface area contributed by atoms with Crippen LogP contribution in [-0.2, 0) is 4.79 Å². The molecule has 1 amide bonds. The van der Waals surface area contributed by atoms with Crippen LogP contribution in [0.15, 0.2) is 29.4 Å². The molecule has 0 bridgehead atoms. The van der Waals surface area contributed by atoms with E-state index in [0.29, 0.717) is 16.5 Å². The van der Waals surface area contributed by atoms with E-state index in [4.69, 9.17) is 5.84 Å². The molecule has 3 rings (SSSR count). The number of alkyl halides is 2. The van der Waals surface area contributed by atoms with E-state index in [9.17, 15) is 13.6 Å². The number of halogens is 2. The predicted octanol–water partition coefficient (Wildman–Crippen LogP) is 1.97. The molecule has 0 spiro atoms. The number of benzene rings is 1. The maximum atomic E-state index is 12.2. The molecule has 0 aliphatic carbocycles. The molecule has 0 radical (unpaired) electrons. The van der Waals surface area contributed by atoms with Gasteiger partial charge in [-0.2, -0.15) is 8.78 Å². The second-order valence-corrected chi connectivity index (χ2v) is 6.40. The Hall–Kier alpha value is -2.36. The van der Waals surface area contributed by atoms with Crippen molar-refractivity contribution in [2.24, 2.45) is 0 Å². The van der Waals surface area contributed by atoms with Gasteiger partial charge < -0.3 is 15.5 Å². The molecule has 2 heterocycles. The van der Waals surface area contributed by atoms with Gasteiger partial charge in [-0.15, -0.1) is 10.2 Å². The van der Waals surface area contributed by atoms with Crippen molar-refractivity contribution < 1.29 is 18.3 Å². The Labute approximate surface area is 147 Å². The van der Waals surface area contributed by atoms with E-state index >= 15 is 0 Å². The topological polar surface area (TPSA) is 86.3 Å². The first-order valence-corrected chi connectivity index (χ1v) is 8.69. The summed E-state index contributed by atoms with van der Waals surface area (Å²) in [6, 6.07) is 5.93. The van der Waals surface area contributed by atoms with Crippen molar-refractivity contribution in [3.8, 4) is 17.1 Å². The standard InChI is InChI=1S/C15H17F2N5O2S/c16-14(17)24-11-5-3-10(4-6-11)13-19-20-15(22(13)18)25-9-12(23)21-7-1-2-8-21/h3-6,14H,1-2,7-9,18H2. The SMILES string of the molecule is Nn1c(SCC(=O)N2CCCC2)nnc1-c1ccc(OC(F)F)cc1. The number of nitrogens with zero attached hydrogens (tertiary/aromatic N) is 4. The molecule has 1 aliphatic rings. The third kappa shape index (κ3) is 4.19. The zero-order valence-electron chi connectivity index (χ0n) is 13.3. The molecule has 134 valence electrons. The minimum Gasteiger partial charge on any atom is -0.435 e. The lowest BCUT2D eigenvalue weighted by Gasteiger charge is -2.14. The minimum absolute atomic E-state index is 0.0487. The lowest BCUT2D eigenvalue weighted by molar-refractivity contribution is -0.127. The first kappa shape index (κ1) is 17.5. The van der Waals surface area contributed by atoms with E-state index < -0.39 is 6.61 Å². The number of nitrogens with two attached hydrogens (primary N) is 1. The molecule has 0 unspecified atom stereocenters. The van der Waals surface area contributed by atoms with E-state index in [-0.39, 0.29) is 17.4 Å². The number of aromatic nitrogens is 3. The smallest absolute Gasteiger partial charge is 0.387 e. The molecule has 1 aromatic heterocycles. The van der Waals surface area contributed by atoms with Gasteiger partial charge in [0.2, 0.25) is 11.1 Å². The number of hydrogen-bond donors (Lipinski definition) is 1. The fourth-order valence-corrected chi connectivity index (χ4v) is 3.30. The zero-order valence-corrected chi connectivity index (χ0v) is 14.1. The van der Waals surface area contributed by atoms with Crippen LogP contribution >= 0.6 is 11.8 Å². The highest BCUT2D eigenvalue weighted by molar-refractivity contribution is 7.99. The highest BCUT2D eigenvalue weighted by atomic mass is 32.2. The number of amides is 1. The van der Waals surface area contributed by atoms with Crippen LogP contribution in [0.4, 0.5) is 8.78 Å². The van der Waals surface area contributed by atoms with E-state index in [1.807, 2.05) is 4.90 Å². The summed E-state index contributed by atoms with van der Waals surface area (Å²) in [5.41, 5.74) is 0.606. The van der Waals surface area contributed by atoms with Crippen LogP contribution in [0.2, 0.25) is 0 Å². The molecule has 2 N–H and O–H groups in total.